The lowest BCUT2D eigenvalue weighted by atomic mass is 10.1. The van der Waals surface area contributed by atoms with Gasteiger partial charge in [-0.3, -0.25) is 4.79 Å². The molecule has 1 aromatic carbocycles. The molecule has 0 unspecified atom stereocenters. The van der Waals surface area contributed by atoms with Crippen molar-refractivity contribution in [2.75, 3.05) is 6.54 Å². The second-order valence-electron chi connectivity index (χ2n) is 5.32. The van der Waals surface area contributed by atoms with Crippen LogP contribution in [0.5, 0.6) is 0 Å². The first-order chi connectivity index (χ1) is 11.2. The number of hydrogen-bond donors (Lipinski definition) is 1. The predicted molar refractivity (Wildman–Crippen MR) is 92.1 cm³/mol. The van der Waals surface area contributed by atoms with Gasteiger partial charge in [0.05, 0.1) is 5.52 Å². The van der Waals surface area contributed by atoms with Crippen LogP contribution in [-0.2, 0) is 12.8 Å². The molecule has 0 radical (unpaired) electrons. The fourth-order valence-corrected chi connectivity index (χ4v) is 2.83. The second kappa shape index (κ2) is 6.84. The lowest BCUT2D eigenvalue weighted by Gasteiger charge is -2.04. The van der Waals surface area contributed by atoms with E-state index in [0.29, 0.717) is 17.3 Å². The van der Waals surface area contributed by atoms with Gasteiger partial charge in [-0.15, -0.1) is 0 Å². The van der Waals surface area contributed by atoms with Crippen molar-refractivity contribution in [2.45, 2.75) is 19.8 Å². The highest BCUT2D eigenvalue weighted by Crippen LogP contribution is 2.14. The van der Waals surface area contributed by atoms with E-state index in [1.54, 1.807) is 0 Å². The summed E-state index contributed by atoms with van der Waals surface area (Å²) in [5, 5.41) is 3.65. The Morgan fingerprint density at radius 2 is 2.13 bits per heavy atom. The van der Waals surface area contributed by atoms with Crippen molar-refractivity contribution < 1.29 is 4.79 Å². The molecule has 118 valence electrons. The number of carbonyl (C=O) groups excluding carboxylic acids is 1. The number of hydrogen-bond acceptors (Lipinski definition) is 2. The average molecular weight is 328 g/mol. The number of pyridine rings is 1. The van der Waals surface area contributed by atoms with Crippen molar-refractivity contribution in [3.05, 3.63) is 70.8 Å². The van der Waals surface area contributed by atoms with Crippen LogP contribution in [0.2, 0.25) is 5.02 Å². The lowest BCUT2D eigenvalue weighted by Crippen LogP contribution is -2.26. The Morgan fingerprint density at radius 1 is 1.26 bits per heavy atom. The lowest BCUT2D eigenvalue weighted by molar-refractivity contribution is 0.0951. The summed E-state index contributed by atoms with van der Waals surface area (Å²) in [6, 6.07) is 13.4. The van der Waals surface area contributed by atoms with Crippen molar-refractivity contribution in [1.29, 1.82) is 0 Å². The van der Waals surface area contributed by atoms with Crippen LogP contribution in [0.25, 0.3) is 5.52 Å². The Labute approximate surface area is 140 Å². The fourth-order valence-electron chi connectivity index (χ4n) is 2.61. The van der Waals surface area contributed by atoms with Crippen LogP contribution in [0.15, 0.2) is 48.7 Å². The summed E-state index contributed by atoms with van der Waals surface area (Å²) in [6.45, 7) is 2.58. The SMILES string of the molecule is CCc1nc(C(=O)NCCc2cccc(Cl)c2)c2ccccn12. The Kier molecular flexibility index (Phi) is 4.63. The Bertz CT molecular complexity index is 841. The van der Waals surface area contributed by atoms with Crippen LogP contribution in [0.4, 0.5) is 0 Å². The summed E-state index contributed by atoms with van der Waals surface area (Å²) >= 11 is 5.97. The number of halogens is 1. The number of fused-ring (bicyclic) bond motifs is 1. The van der Waals surface area contributed by atoms with E-state index in [1.807, 2.05) is 60.0 Å². The first-order valence-electron chi connectivity index (χ1n) is 7.67. The molecule has 2 heterocycles. The number of benzene rings is 1. The molecule has 0 spiro atoms. The monoisotopic (exact) mass is 327 g/mol. The van der Waals surface area contributed by atoms with Crippen molar-refractivity contribution >= 4 is 23.0 Å². The van der Waals surface area contributed by atoms with Crippen LogP contribution in [0.1, 0.15) is 28.8 Å². The van der Waals surface area contributed by atoms with Crippen LogP contribution < -0.4 is 5.32 Å². The van der Waals surface area contributed by atoms with Crippen molar-refractivity contribution in [2.24, 2.45) is 0 Å². The molecule has 3 rings (SSSR count). The van der Waals surface area contributed by atoms with Gasteiger partial charge in [-0.25, -0.2) is 4.98 Å². The van der Waals surface area contributed by atoms with Crippen LogP contribution >= 0.6 is 11.6 Å². The topological polar surface area (TPSA) is 46.4 Å². The summed E-state index contributed by atoms with van der Waals surface area (Å²) in [4.78, 5) is 16.9. The van der Waals surface area contributed by atoms with E-state index in [0.717, 1.165) is 29.7 Å². The summed E-state index contributed by atoms with van der Waals surface area (Å²) in [6.07, 6.45) is 3.45. The van der Waals surface area contributed by atoms with Gasteiger partial charge in [-0.1, -0.05) is 36.7 Å². The molecule has 5 heteroatoms. The zero-order valence-electron chi connectivity index (χ0n) is 12.9. The van der Waals surface area contributed by atoms with E-state index in [1.165, 1.54) is 0 Å². The largest absolute Gasteiger partial charge is 0.350 e. The van der Waals surface area contributed by atoms with Gasteiger partial charge < -0.3 is 9.72 Å². The summed E-state index contributed by atoms with van der Waals surface area (Å²) in [5.41, 5.74) is 2.42. The molecular formula is C18H18ClN3O. The van der Waals surface area contributed by atoms with Crippen LogP contribution in [-0.4, -0.2) is 21.8 Å². The normalized spacial score (nSPS) is 10.9. The van der Waals surface area contributed by atoms with E-state index in [4.69, 9.17) is 11.6 Å². The van der Waals surface area contributed by atoms with Crippen molar-refractivity contribution in [3.8, 4) is 0 Å². The molecule has 0 aliphatic heterocycles. The third-order valence-electron chi connectivity index (χ3n) is 3.74. The van der Waals surface area contributed by atoms with Crippen molar-refractivity contribution in [3.63, 3.8) is 0 Å². The number of imidazole rings is 1. The number of aromatic nitrogens is 2. The number of rotatable bonds is 5. The number of aryl methyl sites for hydroxylation is 1. The highest BCUT2D eigenvalue weighted by Gasteiger charge is 2.15. The van der Waals surface area contributed by atoms with Gasteiger partial charge >= 0.3 is 0 Å². The van der Waals surface area contributed by atoms with Crippen molar-refractivity contribution in [1.82, 2.24) is 14.7 Å². The molecular weight excluding hydrogens is 310 g/mol. The van der Waals surface area contributed by atoms with Crippen LogP contribution in [0.3, 0.4) is 0 Å². The summed E-state index contributed by atoms with van der Waals surface area (Å²) < 4.78 is 1.96. The van der Waals surface area contributed by atoms with E-state index in [-0.39, 0.29) is 5.91 Å². The number of nitrogens with one attached hydrogen (secondary N) is 1. The van der Waals surface area contributed by atoms with Crippen LogP contribution in [0, 0.1) is 0 Å². The van der Waals surface area contributed by atoms with E-state index >= 15 is 0 Å². The fraction of sp³-hybridized carbons (Fsp3) is 0.222. The first-order valence-corrected chi connectivity index (χ1v) is 8.05. The standard InChI is InChI=1S/C18H18ClN3O/c1-2-16-21-17(15-8-3-4-11-22(15)16)18(23)20-10-9-13-6-5-7-14(19)12-13/h3-8,11-12H,2,9-10H2,1H3,(H,20,23). The highest BCUT2D eigenvalue weighted by molar-refractivity contribution is 6.30. The minimum absolute atomic E-state index is 0.143. The Hall–Kier alpha value is -2.33. The molecule has 0 fully saturated rings. The molecule has 0 saturated carbocycles. The van der Waals surface area contributed by atoms with E-state index in [2.05, 4.69) is 10.3 Å². The van der Waals surface area contributed by atoms with Gasteiger partial charge in [0.15, 0.2) is 5.69 Å². The molecule has 0 atom stereocenters. The minimum Gasteiger partial charge on any atom is -0.350 e. The highest BCUT2D eigenvalue weighted by atomic mass is 35.5. The zero-order valence-corrected chi connectivity index (χ0v) is 13.7. The second-order valence-corrected chi connectivity index (χ2v) is 5.76. The third-order valence-corrected chi connectivity index (χ3v) is 3.98. The maximum atomic E-state index is 12.4. The van der Waals surface area contributed by atoms with E-state index < -0.39 is 0 Å². The smallest absolute Gasteiger partial charge is 0.272 e. The molecule has 2 aromatic heterocycles. The Morgan fingerprint density at radius 3 is 2.91 bits per heavy atom. The minimum atomic E-state index is -0.143. The van der Waals surface area contributed by atoms with Gasteiger partial charge in [-0.05, 0) is 36.2 Å². The predicted octanol–water partition coefficient (Wildman–Crippen LogP) is 3.52. The molecule has 0 aliphatic rings. The number of nitrogens with zero attached hydrogens (tertiary/aromatic N) is 2. The summed E-state index contributed by atoms with van der Waals surface area (Å²) in [7, 11) is 0. The first kappa shape index (κ1) is 15.6. The van der Waals surface area contributed by atoms with Gasteiger partial charge in [-0.2, -0.15) is 0 Å². The van der Waals surface area contributed by atoms with Gasteiger partial charge in [0, 0.05) is 24.2 Å². The van der Waals surface area contributed by atoms with Gasteiger partial charge in [0.25, 0.3) is 5.91 Å². The van der Waals surface area contributed by atoms with Gasteiger partial charge in [0.2, 0.25) is 0 Å². The van der Waals surface area contributed by atoms with Gasteiger partial charge in [0.1, 0.15) is 5.82 Å². The third kappa shape index (κ3) is 3.37. The average Bonchev–Trinajstić information content (AvgIpc) is 2.94. The Balaban J connectivity index is 1.71. The zero-order chi connectivity index (χ0) is 16.2. The quantitative estimate of drug-likeness (QED) is 0.779. The molecule has 1 amide bonds. The number of carbonyl (C=O) groups is 1. The van der Waals surface area contributed by atoms with E-state index in [9.17, 15) is 4.79 Å². The molecule has 1 N–H and O–H groups in total. The maximum Gasteiger partial charge on any atom is 0.272 e. The maximum absolute atomic E-state index is 12.4. The summed E-state index contributed by atoms with van der Waals surface area (Å²) in [5.74, 6) is 0.746. The molecule has 0 saturated heterocycles. The molecule has 23 heavy (non-hydrogen) atoms. The molecule has 4 nitrogen and oxygen atoms in total. The molecule has 0 aliphatic carbocycles. The molecule has 3 aromatic rings. The number of amides is 1. The molecule has 0 bridgehead atoms.